The molecule has 0 radical (unpaired) electrons. The monoisotopic (exact) mass is 234 g/mol. The number of aromatic nitrogens is 1. The number of rotatable bonds is 4. The summed E-state index contributed by atoms with van der Waals surface area (Å²) < 4.78 is 5.93. The zero-order valence-electron chi connectivity index (χ0n) is 10.8. The van der Waals surface area contributed by atoms with Gasteiger partial charge >= 0.3 is 0 Å². The molecule has 1 aliphatic heterocycles. The Labute approximate surface area is 104 Å². The van der Waals surface area contributed by atoms with Gasteiger partial charge in [-0.15, -0.1) is 0 Å². The predicted octanol–water partition coefficient (Wildman–Crippen LogP) is 2.41. The molecule has 0 saturated carbocycles. The number of pyridine rings is 1. The van der Waals surface area contributed by atoms with E-state index in [1.54, 1.807) is 0 Å². The van der Waals surface area contributed by atoms with E-state index in [4.69, 9.17) is 4.74 Å². The Morgan fingerprint density at radius 2 is 2.12 bits per heavy atom. The van der Waals surface area contributed by atoms with E-state index in [0.29, 0.717) is 12.0 Å². The molecular weight excluding hydrogens is 212 g/mol. The van der Waals surface area contributed by atoms with E-state index in [9.17, 15) is 0 Å². The van der Waals surface area contributed by atoms with Gasteiger partial charge in [0.15, 0.2) is 0 Å². The number of hydrogen-bond donors (Lipinski definition) is 1. The minimum atomic E-state index is 0.332. The first-order valence-electron chi connectivity index (χ1n) is 6.57. The van der Waals surface area contributed by atoms with E-state index in [-0.39, 0.29) is 0 Å². The van der Waals surface area contributed by atoms with Gasteiger partial charge in [-0.05, 0) is 44.3 Å². The summed E-state index contributed by atoms with van der Waals surface area (Å²) in [5.41, 5.74) is 1.13. The fraction of sp³-hybridized carbons (Fsp3) is 0.643. The maximum atomic E-state index is 5.93. The highest BCUT2D eigenvalue weighted by molar-refractivity contribution is 5.16. The molecule has 1 saturated heterocycles. The molecule has 2 heterocycles. The van der Waals surface area contributed by atoms with Gasteiger partial charge in [-0.2, -0.15) is 0 Å². The molecule has 17 heavy (non-hydrogen) atoms. The smallest absolute Gasteiger partial charge is 0.213 e. The quantitative estimate of drug-likeness (QED) is 0.868. The standard InChI is InChI=1S/C14H22N2O/c1-11(2)10-12-4-3-5-14(16-12)17-13-6-8-15-9-7-13/h3-5,11,13,15H,6-10H2,1-2H3. The van der Waals surface area contributed by atoms with Crippen LogP contribution in [0, 0.1) is 5.92 Å². The highest BCUT2D eigenvalue weighted by Gasteiger charge is 2.15. The number of piperidine rings is 1. The first-order valence-corrected chi connectivity index (χ1v) is 6.57. The van der Waals surface area contributed by atoms with Gasteiger partial charge in [0.2, 0.25) is 5.88 Å². The summed E-state index contributed by atoms with van der Waals surface area (Å²) in [5, 5.41) is 3.34. The molecule has 1 N–H and O–H groups in total. The zero-order chi connectivity index (χ0) is 12.1. The van der Waals surface area contributed by atoms with Gasteiger partial charge in [-0.25, -0.2) is 4.98 Å². The third kappa shape index (κ3) is 4.00. The second-order valence-electron chi connectivity index (χ2n) is 5.13. The summed E-state index contributed by atoms with van der Waals surface area (Å²) in [6.07, 6.45) is 3.51. The van der Waals surface area contributed by atoms with Crippen molar-refractivity contribution in [2.75, 3.05) is 13.1 Å². The van der Waals surface area contributed by atoms with Gasteiger partial charge in [-0.3, -0.25) is 0 Å². The van der Waals surface area contributed by atoms with E-state index >= 15 is 0 Å². The maximum absolute atomic E-state index is 5.93. The van der Waals surface area contributed by atoms with Crippen LogP contribution in [0.5, 0.6) is 5.88 Å². The number of ether oxygens (including phenoxy) is 1. The Morgan fingerprint density at radius 1 is 1.35 bits per heavy atom. The van der Waals surface area contributed by atoms with E-state index < -0.39 is 0 Å². The first-order chi connectivity index (χ1) is 8.24. The largest absolute Gasteiger partial charge is 0.474 e. The van der Waals surface area contributed by atoms with Gasteiger partial charge in [0.25, 0.3) is 0 Å². The fourth-order valence-corrected chi connectivity index (χ4v) is 2.14. The van der Waals surface area contributed by atoms with Crippen LogP contribution in [-0.4, -0.2) is 24.2 Å². The second-order valence-corrected chi connectivity index (χ2v) is 5.13. The van der Waals surface area contributed by atoms with Crippen LogP contribution in [0.25, 0.3) is 0 Å². The van der Waals surface area contributed by atoms with Crippen molar-refractivity contribution in [2.24, 2.45) is 5.92 Å². The van der Waals surface area contributed by atoms with Gasteiger partial charge in [0, 0.05) is 11.8 Å². The van der Waals surface area contributed by atoms with Gasteiger partial charge in [-0.1, -0.05) is 19.9 Å². The molecule has 0 unspecified atom stereocenters. The van der Waals surface area contributed by atoms with E-state index in [1.165, 1.54) is 0 Å². The molecule has 0 atom stereocenters. The van der Waals surface area contributed by atoms with Crippen molar-refractivity contribution in [3.63, 3.8) is 0 Å². The topological polar surface area (TPSA) is 34.1 Å². The Hall–Kier alpha value is -1.09. The van der Waals surface area contributed by atoms with Gasteiger partial charge in [0.1, 0.15) is 6.10 Å². The lowest BCUT2D eigenvalue weighted by atomic mass is 10.1. The summed E-state index contributed by atoms with van der Waals surface area (Å²) >= 11 is 0. The fourth-order valence-electron chi connectivity index (χ4n) is 2.14. The molecule has 3 heteroatoms. The summed E-state index contributed by atoms with van der Waals surface area (Å²) in [4.78, 5) is 4.56. The van der Waals surface area contributed by atoms with Crippen molar-refractivity contribution in [2.45, 2.75) is 39.2 Å². The average Bonchev–Trinajstić information content (AvgIpc) is 2.30. The summed E-state index contributed by atoms with van der Waals surface area (Å²) in [6.45, 7) is 6.52. The lowest BCUT2D eigenvalue weighted by Crippen LogP contribution is -2.34. The summed E-state index contributed by atoms with van der Waals surface area (Å²) in [7, 11) is 0. The number of hydrogen-bond acceptors (Lipinski definition) is 3. The van der Waals surface area contributed by atoms with Crippen molar-refractivity contribution in [1.82, 2.24) is 10.3 Å². The van der Waals surface area contributed by atoms with Crippen LogP contribution >= 0.6 is 0 Å². The molecule has 3 nitrogen and oxygen atoms in total. The highest BCUT2D eigenvalue weighted by Crippen LogP contribution is 2.16. The molecular formula is C14H22N2O. The number of nitrogens with zero attached hydrogens (tertiary/aromatic N) is 1. The lowest BCUT2D eigenvalue weighted by molar-refractivity contribution is 0.155. The van der Waals surface area contributed by atoms with Gasteiger partial charge < -0.3 is 10.1 Å². The third-order valence-corrected chi connectivity index (χ3v) is 2.97. The van der Waals surface area contributed by atoms with Crippen LogP contribution in [0.4, 0.5) is 0 Å². The normalized spacial score (nSPS) is 17.4. The van der Waals surface area contributed by atoms with Crippen LogP contribution in [0.3, 0.4) is 0 Å². The molecule has 2 rings (SSSR count). The minimum absolute atomic E-state index is 0.332. The van der Waals surface area contributed by atoms with Crippen molar-refractivity contribution >= 4 is 0 Å². The summed E-state index contributed by atoms with van der Waals surface area (Å²) in [5.74, 6) is 1.42. The van der Waals surface area contributed by atoms with E-state index in [1.807, 2.05) is 12.1 Å². The van der Waals surface area contributed by atoms with Crippen LogP contribution in [-0.2, 0) is 6.42 Å². The van der Waals surface area contributed by atoms with Crippen LogP contribution < -0.4 is 10.1 Å². The zero-order valence-corrected chi connectivity index (χ0v) is 10.8. The summed E-state index contributed by atoms with van der Waals surface area (Å²) in [6, 6.07) is 6.09. The Balaban J connectivity index is 1.95. The number of nitrogens with one attached hydrogen (secondary N) is 1. The highest BCUT2D eigenvalue weighted by atomic mass is 16.5. The maximum Gasteiger partial charge on any atom is 0.213 e. The van der Waals surface area contributed by atoms with Crippen LogP contribution in [0.1, 0.15) is 32.4 Å². The Kier molecular flexibility index (Phi) is 4.37. The molecule has 1 fully saturated rings. The van der Waals surface area contributed by atoms with Crippen molar-refractivity contribution in [3.8, 4) is 5.88 Å². The molecule has 94 valence electrons. The molecule has 0 aliphatic carbocycles. The molecule has 0 aromatic carbocycles. The van der Waals surface area contributed by atoms with E-state index in [2.05, 4.69) is 30.2 Å². The molecule has 1 aliphatic rings. The molecule has 0 amide bonds. The first kappa shape index (κ1) is 12.4. The SMILES string of the molecule is CC(C)Cc1cccc(OC2CCNCC2)n1. The van der Waals surface area contributed by atoms with Crippen LogP contribution in [0.15, 0.2) is 18.2 Å². The minimum Gasteiger partial charge on any atom is -0.474 e. The van der Waals surface area contributed by atoms with E-state index in [0.717, 1.165) is 43.9 Å². The predicted molar refractivity (Wildman–Crippen MR) is 69.3 cm³/mol. The lowest BCUT2D eigenvalue weighted by Gasteiger charge is -2.23. The molecule has 1 aromatic rings. The van der Waals surface area contributed by atoms with Crippen molar-refractivity contribution in [1.29, 1.82) is 0 Å². The Bertz CT molecular complexity index is 346. The average molecular weight is 234 g/mol. The third-order valence-electron chi connectivity index (χ3n) is 2.97. The van der Waals surface area contributed by atoms with Crippen molar-refractivity contribution < 1.29 is 4.74 Å². The Morgan fingerprint density at radius 3 is 2.82 bits per heavy atom. The second kappa shape index (κ2) is 6.01. The van der Waals surface area contributed by atoms with Crippen molar-refractivity contribution in [3.05, 3.63) is 23.9 Å². The molecule has 0 spiro atoms. The molecule has 0 bridgehead atoms. The van der Waals surface area contributed by atoms with Gasteiger partial charge in [0.05, 0.1) is 0 Å². The molecule has 1 aromatic heterocycles. The van der Waals surface area contributed by atoms with Crippen LogP contribution in [0.2, 0.25) is 0 Å².